The largest absolute Gasteiger partial charge is 0.497 e. The van der Waals surface area contributed by atoms with Crippen LogP contribution in [0.5, 0.6) is 5.75 Å². The van der Waals surface area contributed by atoms with E-state index in [1.807, 2.05) is 42.5 Å². The van der Waals surface area contributed by atoms with Crippen molar-refractivity contribution in [3.63, 3.8) is 0 Å². The third kappa shape index (κ3) is 4.31. The number of rotatable bonds is 6. The lowest BCUT2D eigenvalue weighted by Gasteiger charge is -2.10. The maximum absolute atomic E-state index is 12.8. The first kappa shape index (κ1) is 19.0. The van der Waals surface area contributed by atoms with Crippen molar-refractivity contribution in [3.05, 3.63) is 65.3 Å². The summed E-state index contributed by atoms with van der Waals surface area (Å²) in [6.45, 7) is 4.69. The monoisotopic (exact) mass is 383 g/mol. The number of halogens is 1. The number of amides is 1. The summed E-state index contributed by atoms with van der Waals surface area (Å²) in [5.41, 5.74) is 2.68. The van der Waals surface area contributed by atoms with Crippen LogP contribution in [-0.4, -0.2) is 29.3 Å². The summed E-state index contributed by atoms with van der Waals surface area (Å²) >= 11 is 6.35. The van der Waals surface area contributed by atoms with E-state index in [0.29, 0.717) is 34.6 Å². The fourth-order valence-corrected chi connectivity index (χ4v) is 2.86. The van der Waals surface area contributed by atoms with Crippen molar-refractivity contribution in [2.45, 2.75) is 13.8 Å². The van der Waals surface area contributed by atoms with Crippen LogP contribution in [0.25, 0.3) is 16.9 Å². The van der Waals surface area contributed by atoms with Gasteiger partial charge in [-0.3, -0.25) is 4.79 Å². The third-order valence-electron chi connectivity index (χ3n) is 4.08. The number of hydrogen-bond acceptors (Lipinski definition) is 3. The molecular formula is C21H22ClN3O2. The lowest BCUT2D eigenvalue weighted by Crippen LogP contribution is -2.29. The molecule has 27 heavy (non-hydrogen) atoms. The molecule has 6 heteroatoms. The second-order valence-corrected chi connectivity index (χ2v) is 7.02. The maximum atomic E-state index is 12.8. The van der Waals surface area contributed by atoms with E-state index in [-0.39, 0.29) is 5.91 Å². The van der Waals surface area contributed by atoms with Crippen molar-refractivity contribution >= 4 is 17.5 Å². The first-order valence-corrected chi connectivity index (χ1v) is 9.15. The minimum absolute atomic E-state index is 0.184. The summed E-state index contributed by atoms with van der Waals surface area (Å²) in [5.74, 6) is 0.932. The molecule has 140 valence electrons. The molecule has 1 aromatic heterocycles. The number of hydrogen-bond donors (Lipinski definition) is 1. The molecule has 0 spiro atoms. The third-order valence-corrected chi connectivity index (χ3v) is 4.40. The van der Waals surface area contributed by atoms with Gasteiger partial charge in [-0.1, -0.05) is 37.6 Å². The zero-order chi connectivity index (χ0) is 19.4. The van der Waals surface area contributed by atoms with Crippen LogP contribution in [0.15, 0.2) is 54.6 Å². The van der Waals surface area contributed by atoms with Crippen molar-refractivity contribution in [2.24, 2.45) is 5.92 Å². The van der Waals surface area contributed by atoms with Crippen LogP contribution in [0.3, 0.4) is 0 Å². The molecule has 1 heterocycles. The van der Waals surface area contributed by atoms with Gasteiger partial charge in [0.2, 0.25) is 0 Å². The number of nitrogens with one attached hydrogen (secondary N) is 1. The second kappa shape index (κ2) is 8.27. The Kier molecular flexibility index (Phi) is 5.81. The molecule has 0 aliphatic carbocycles. The molecule has 0 saturated heterocycles. The number of aromatic nitrogens is 2. The van der Waals surface area contributed by atoms with Crippen LogP contribution >= 0.6 is 11.6 Å². The van der Waals surface area contributed by atoms with Crippen LogP contribution in [0.4, 0.5) is 0 Å². The summed E-state index contributed by atoms with van der Waals surface area (Å²) in [5, 5.41) is 8.12. The first-order valence-electron chi connectivity index (χ1n) is 8.77. The summed E-state index contributed by atoms with van der Waals surface area (Å²) < 4.78 is 6.80. The Labute approximate surface area is 163 Å². The van der Waals surface area contributed by atoms with Crippen LogP contribution < -0.4 is 10.1 Å². The van der Waals surface area contributed by atoms with Gasteiger partial charge in [0, 0.05) is 12.1 Å². The highest BCUT2D eigenvalue weighted by Crippen LogP contribution is 2.26. The fraction of sp³-hybridized carbons (Fsp3) is 0.238. The molecule has 1 amide bonds. The van der Waals surface area contributed by atoms with Gasteiger partial charge in [0.1, 0.15) is 11.4 Å². The van der Waals surface area contributed by atoms with E-state index in [0.717, 1.165) is 11.3 Å². The van der Waals surface area contributed by atoms with Crippen LogP contribution in [0.2, 0.25) is 5.02 Å². The number of methoxy groups -OCH3 is 1. The zero-order valence-corrected chi connectivity index (χ0v) is 16.3. The SMILES string of the molecule is COc1ccc(-c2cc(C(=O)NCC(C)C)n(-c3ccccc3Cl)n2)cc1. The van der Waals surface area contributed by atoms with Gasteiger partial charge in [0.05, 0.1) is 23.5 Å². The van der Waals surface area contributed by atoms with Gasteiger partial charge in [-0.15, -0.1) is 0 Å². The van der Waals surface area contributed by atoms with Gasteiger partial charge in [-0.2, -0.15) is 5.10 Å². The van der Waals surface area contributed by atoms with Gasteiger partial charge in [0.25, 0.3) is 5.91 Å². The average Bonchev–Trinajstić information content (AvgIpc) is 3.11. The van der Waals surface area contributed by atoms with Crippen molar-refractivity contribution in [1.29, 1.82) is 0 Å². The minimum Gasteiger partial charge on any atom is -0.497 e. The van der Waals surface area contributed by atoms with Gasteiger partial charge < -0.3 is 10.1 Å². The number of carbonyl (C=O) groups is 1. The minimum atomic E-state index is -0.184. The Morgan fingerprint density at radius 1 is 1.19 bits per heavy atom. The molecule has 0 aliphatic rings. The van der Waals surface area contributed by atoms with Crippen molar-refractivity contribution in [3.8, 4) is 22.7 Å². The number of carbonyl (C=O) groups excluding carboxylic acids is 1. The van der Waals surface area contributed by atoms with E-state index in [9.17, 15) is 4.79 Å². The Hall–Kier alpha value is -2.79. The summed E-state index contributed by atoms with van der Waals surface area (Å²) in [4.78, 5) is 12.8. The van der Waals surface area contributed by atoms with E-state index >= 15 is 0 Å². The Morgan fingerprint density at radius 3 is 2.52 bits per heavy atom. The second-order valence-electron chi connectivity index (χ2n) is 6.61. The highest BCUT2D eigenvalue weighted by Gasteiger charge is 2.19. The first-order chi connectivity index (χ1) is 13.0. The van der Waals surface area contributed by atoms with E-state index in [1.54, 1.807) is 23.9 Å². The predicted octanol–water partition coefficient (Wildman–Crippen LogP) is 4.59. The molecule has 0 aliphatic heterocycles. The molecule has 3 aromatic rings. The van der Waals surface area contributed by atoms with E-state index in [2.05, 4.69) is 24.3 Å². The van der Waals surface area contributed by atoms with Crippen molar-refractivity contribution in [1.82, 2.24) is 15.1 Å². The molecule has 2 aromatic carbocycles. The Morgan fingerprint density at radius 2 is 1.89 bits per heavy atom. The molecule has 1 N–H and O–H groups in total. The highest BCUT2D eigenvalue weighted by molar-refractivity contribution is 6.32. The molecule has 0 atom stereocenters. The molecule has 0 bridgehead atoms. The van der Waals surface area contributed by atoms with E-state index in [4.69, 9.17) is 16.3 Å². The van der Waals surface area contributed by atoms with Gasteiger partial charge in [-0.25, -0.2) is 4.68 Å². The lowest BCUT2D eigenvalue weighted by molar-refractivity contribution is 0.0941. The quantitative estimate of drug-likeness (QED) is 0.677. The van der Waals surface area contributed by atoms with Crippen LogP contribution in [0.1, 0.15) is 24.3 Å². The van der Waals surface area contributed by atoms with Crippen molar-refractivity contribution < 1.29 is 9.53 Å². The normalized spacial score (nSPS) is 10.9. The number of para-hydroxylation sites is 1. The summed E-state index contributed by atoms with van der Waals surface area (Å²) in [6.07, 6.45) is 0. The molecule has 0 saturated carbocycles. The topological polar surface area (TPSA) is 56.1 Å². The molecule has 0 radical (unpaired) electrons. The predicted molar refractivity (Wildman–Crippen MR) is 108 cm³/mol. The average molecular weight is 384 g/mol. The van der Waals surface area contributed by atoms with Gasteiger partial charge >= 0.3 is 0 Å². The lowest BCUT2D eigenvalue weighted by atomic mass is 10.1. The van der Waals surface area contributed by atoms with Crippen LogP contribution in [0, 0.1) is 5.92 Å². The maximum Gasteiger partial charge on any atom is 0.270 e. The summed E-state index contributed by atoms with van der Waals surface area (Å²) in [6, 6.07) is 16.7. The number of ether oxygens (including phenoxy) is 1. The standard InChI is InChI=1S/C21H22ClN3O2/c1-14(2)13-23-21(26)20-12-18(15-8-10-16(27-3)11-9-15)24-25(20)19-7-5-4-6-17(19)22/h4-12,14H,13H2,1-3H3,(H,23,26). The van der Waals surface area contributed by atoms with Gasteiger partial charge in [-0.05, 0) is 48.4 Å². The Bertz CT molecular complexity index is 933. The number of nitrogens with zero attached hydrogens (tertiary/aromatic N) is 2. The zero-order valence-electron chi connectivity index (χ0n) is 15.6. The number of benzene rings is 2. The van der Waals surface area contributed by atoms with Crippen LogP contribution in [-0.2, 0) is 0 Å². The van der Waals surface area contributed by atoms with E-state index < -0.39 is 0 Å². The van der Waals surface area contributed by atoms with E-state index in [1.165, 1.54) is 0 Å². The molecule has 0 unspecified atom stereocenters. The highest BCUT2D eigenvalue weighted by atomic mass is 35.5. The van der Waals surface area contributed by atoms with Gasteiger partial charge in [0.15, 0.2) is 0 Å². The molecule has 3 rings (SSSR count). The molecule has 0 fully saturated rings. The molecular weight excluding hydrogens is 362 g/mol. The summed E-state index contributed by atoms with van der Waals surface area (Å²) in [7, 11) is 1.62. The molecule has 5 nitrogen and oxygen atoms in total. The fourth-order valence-electron chi connectivity index (χ4n) is 2.64. The van der Waals surface area contributed by atoms with Crippen molar-refractivity contribution in [2.75, 3.05) is 13.7 Å². The smallest absolute Gasteiger partial charge is 0.270 e. The Balaban J connectivity index is 2.05.